The third-order valence-electron chi connectivity index (χ3n) is 4.20. The van der Waals surface area contributed by atoms with Crippen molar-refractivity contribution in [2.24, 2.45) is 0 Å². The molecule has 0 aliphatic carbocycles. The van der Waals surface area contributed by atoms with Crippen molar-refractivity contribution in [2.75, 3.05) is 53.5 Å². The van der Waals surface area contributed by atoms with E-state index in [1.807, 2.05) is 28.4 Å². The lowest BCUT2D eigenvalue weighted by Gasteiger charge is -2.34. The number of benzene rings is 1. The number of hydrogen-bond acceptors (Lipinski definition) is 5. The monoisotopic (exact) mass is 375 g/mol. The van der Waals surface area contributed by atoms with Gasteiger partial charge in [-0.1, -0.05) is 0 Å². The van der Waals surface area contributed by atoms with Gasteiger partial charge < -0.3 is 14.8 Å². The van der Waals surface area contributed by atoms with Gasteiger partial charge >= 0.3 is 6.18 Å². The largest absolute Gasteiger partial charge is 0.497 e. The zero-order chi connectivity index (χ0) is 19.2. The number of hydrogen-bond donors (Lipinski definition) is 1. The topological polar surface area (TPSA) is 54.0 Å². The second kappa shape index (κ2) is 9.09. The zero-order valence-electron chi connectivity index (χ0n) is 14.9. The highest BCUT2D eigenvalue weighted by Gasteiger charge is 2.28. The molecule has 0 atom stereocenters. The Bertz CT molecular complexity index is 603. The number of rotatable bonds is 7. The summed E-state index contributed by atoms with van der Waals surface area (Å²) in [7, 11) is 3.22. The summed E-state index contributed by atoms with van der Waals surface area (Å²) in [6.07, 6.45) is -4.38. The van der Waals surface area contributed by atoms with Crippen molar-refractivity contribution in [1.29, 1.82) is 0 Å². The maximum absolute atomic E-state index is 12.1. The van der Waals surface area contributed by atoms with Gasteiger partial charge in [0.15, 0.2) is 0 Å². The Balaban J connectivity index is 1.81. The zero-order valence-corrected chi connectivity index (χ0v) is 14.9. The first kappa shape index (κ1) is 20.3. The van der Waals surface area contributed by atoms with Crippen molar-refractivity contribution in [3.63, 3.8) is 0 Å². The molecular formula is C17H24F3N3O3. The minimum Gasteiger partial charge on any atom is -0.497 e. The average Bonchev–Trinajstić information content (AvgIpc) is 2.61. The highest BCUT2D eigenvalue weighted by molar-refractivity contribution is 5.78. The summed E-state index contributed by atoms with van der Waals surface area (Å²) in [6, 6.07) is 5.62. The van der Waals surface area contributed by atoms with Crippen LogP contribution < -0.4 is 14.8 Å². The number of ether oxygens (including phenoxy) is 2. The summed E-state index contributed by atoms with van der Waals surface area (Å²) in [4.78, 5) is 15.6. The molecule has 0 radical (unpaired) electrons. The fourth-order valence-corrected chi connectivity index (χ4v) is 2.81. The van der Waals surface area contributed by atoms with E-state index in [4.69, 9.17) is 9.47 Å². The summed E-state index contributed by atoms with van der Waals surface area (Å²) in [5, 5.41) is 1.90. The van der Waals surface area contributed by atoms with E-state index in [0.29, 0.717) is 32.7 Å². The van der Waals surface area contributed by atoms with Crippen molar-refractivity contribution in [3.8, 4) is 11.5 Å². The molecule has 2 rings (SSSR count). The molecule has 1 N–H and O–H groups in total. The van der Waals surface area contributed by atoms with E-state index in [1.165, 1.54) is 0 Å². The van der Waals surface area contributed by atoms with Crippen LogP contribution >= 0.6 is 0 Å². The molecule has 0 bridgehead atoms. The minimum absolute atomic E-state index is 0.0214. The summed E-state index contributed by atoms with van der Waals surface area (Å²) in [5.41, 5.74) is 1.00. The lowest BCUT2D eigenvalue weighted by molar-refractivity contribution is -0.139. The molecule has 26 heavy (non-hydrogen) atoms. The van der Waals surface area contributed by atoms with Crippen LogP contribution in [-0.4, -0.2) is 75.4 Å². The van der Waals surface area contributed by atoms with Gasteiger partial charge in [0.25, 0.3) is 0 Å². The summed E-state index contributed by atoms with van der Waals surface area (Å²) < 4.78 is 47.0. The van der Waals surface area contributed by atoms with E-state index < -0.39 is 18.6 Å². The van der Waals surface area contributed by atoms with E-state index in [1.54, 1.807) is 14.2 Å². The third-order valence-corrected chi connectivity index (χ3v) is 4.20. The highest BCUT2D eigenvalue weighted by Crippen LogP contribution is 2.25. The Labute approximate surface area is 150 Å². The van der Waals surface area contributed by atoms with Gasteiger partial charge in [-0.2, -0.15) is 13.2 Å². The van der Waals surface area contributed by atoms with Crippen LogP contribution in [0.1, 0.15) is 5.56 Å². The Hall–Kier alpha value is -2.00. The number of carbonyl (C=O) groups is 1. The molecule has 1 amide bonds. The van der Waals surface area contributed by atoms with Crippen molar-refractivity contribution in [3.05, 3.63) is 23.8 Å². The number of piperazine rings is 1. The van der Waals surface area contributed by atoms with Crippen LogP contribution in [0.15, 0.2) is 18.2 Å². The maximum atomic E-state index is 12.1. The van der Waals surface area contributed by atoms with Crippen LogP contribution in [0.4, 0.5) is 13.2 Å². The quantitative estimate of drug-likeness (QED) is 0.783. The van der Waals surface area contributed by atoms with Crippen molar-refractivity contribution < 1.29 is 27.4 Å². The number of methoxy groups -OCH3 is 2. The Kier molecular flexibility index (Phi) is 7.10. The third kappa shape index (κ3) is 6.38. The Morgan fingerprint density at radius 1 is 1.12 bits per heavy atom. The number of amides is 1. The van der Waals surface area contributed by atoms with Crippen LogP contribution in [0, 0.1) is 0 Å². The molecule has 6 nitrogen and oxygen atoms in total. The fraction of sp³-hybridized carbons (Fsp3) is 0.588. The molecule has 146 valence electrons. The van der Waals surface area contributed by atoms with Gasteiger partial charge in [0.1, 0.15) is 18.0 Å². The number of nitrogens with one attached hydrogen (secondary N) is 1. The van der Waals surface area contributed by atoms with Crippen LogP contribution in [0.25, 0.3) is 0 Å². The van der Waals surface area contributed by atoms with Crippen LogP contribution in [-0.2, 0) is 11.3 Å². The van der Waals surface area contributed by atoms with Crippen LogP contribution in [0.5, 0.6) is 11.5 Å². The molecule has 1 aromatic carbocycles. The molecule has 1 aliphatic heterocycles. The first-order valence-electron chi connectivity index (χ1n) is 8.30. The first-order valence-corrected chi connectivity index (χ1v) is 8.30. The van der Waals surface area contributed by atoms with Crippen LogP contribution in [0.3, 0.4) is 0 Å². The van der Waals surface area contributed by atoms with Crippen LogP contribution in [0.2, 0.25) is 0 Å². The van der Waals surface area contributed by atoms with E-state index in [9.17, 15) is 18.0 Å². The van der Waals surface area contributed by atoms with Crippen molar-refractivity contribution in [2.45, 2.75) is 12.7 Å². The number of nitrogens with zero attached hydrogens (tertiary/aromatic N) is 2. The van der Waals surface area contributed by atoms with Gasteiger partial charge in [0.05, 0.1) is 20.8 Å². The average molecular weight is 375 g/mol. The molecule has 0 unspecified atom stereocenters. The molecule has 1 fully saturated rings. The van der Waals surface area contributed by atoms with E-state index in [0.717, 1.165) is 17.1 Å². The SMILES string of the molecule is COc1ccc(OC)c(CN2CCN(CC(=O)NCC(F)(F)F)CC2)c1. The predicted octanol–water partition coefficient (Wildman–Crippen LogP) is 1.50. The smallest absolute Gasteiger partial charge is 0.405 e. The van der Waals surface area contributed by atoms with Gasteiger partial charge in [-0.15, -0.1) is 0 Å². The predicted molar refractivity (Wildman–Crippen MR) is 90.3 cm³/mol. The van der Waals surface area contributed by atoms with E-state index in [-0.39, 0.29) is 6.54 Å². The lowest BCUT2D eigenvalue weighted by atomic mass is 10.1. The molecular weight excluding hydrogens is 351 g/mol. The Morgan fingerprint density at radius 3 is 2.35 bits per heavy atom. The normalized spacial score (nSPS) is 16.3. The van der Waals surface area contributed by atoms with Gasteiger partial charge in [0.2, 0.25) is 5.91 Å². The van der Waals surface area contributed by atoms with E-state index in [2.05, 4.69) is 4.90 Å². The maximum Gasteiger partial charge on any atom is 0.405 e. The lowest BCUT2D eigenvalue weighted by Crippen LogP contribution is -2.49. The number of carbonyl (C=O) groups excluding carboxylic acids is 1. The highest BCUT2D eigenvalue weighted by atomic mass is 19.4. The first-order chi connectivity index (χ1) is 12.3. The summed E-state index contributed by atoms with van der Waals surface area (Å²) in [6.45, 7) is 2.03. The molecule has 9 heteroatoms. The summed E-state index contributed by atoms with van der Waals surface area (Å²) in [5.74, 6) is 0.922. The molecule has 1 aromatic rings. The van der Waals surface area contributed by atoms with Crippen molar-refractivity contribution in [1.82, 2.24) is 15.1 Å². The molecule has 1 saturated heterocycles. The van der Waals surface area contributed by atoms with E-state index >= 15 is 0 Å². The second-order valence-corrected chi connectivity index (χ2v) is 6.12. The molecule has 0 saturated carbocycles. The molecule has 0 spiro atoms. The van der Waals surface area contributed by atoms with Gasteiger partial charge in [-0.25, -0.2) is 0 Å². The number of halogens is 3. The minimum atomic E-state index is -4.38. The standard InChI is InChI=1S/C17H24F3N3O3/c1-25-14-3-4-15(26-2)13(9-14)10-22-5-7-23(8-6-22)11-16(24)21-12-17(18,19)20/h3-4,9H,5-8,10-12H2,1-2H3,(H,21,24). The fourth-order valence-electron chi connectivity index (χ4n) is 2.81. The van der Waals surface area contributed by atoms with Crippen molar-refractivity contribution >= 4 is 5.91 Å². The number of alkyl halides is 3. The molecule has 1 aliphatic rings. The summed E-state index contributed by atoms with van der Waals surface area (Å²) >= 11 is 0. The second-order valence-electron chi connectivity index (χ2n) is 6.12. The molecule has 0 aromatic heterocycles. The van der Waals surface area contributed by atoms with Gasteiger partial charge in [-0.3, -0.25) is 14.6 Å². The van der Waals surface area contributed by atoms with Gasteiger partial charge in [0, 0.05) is 38.3 Å². The van der Waals surface area contributed by atoms with Gasteiger partial charge in [-0.05, 0) is 18.2 Å². The Morgan fingerprint density at radius 2 is 1.77 bits per heavy atom. The molecule has 1 heterocycles.